The van der Waals surface area contributed by atoms with Gasteiger partial charge in [0.2, 0.25) is 5.91 Å². The lowest BCUT2D eigenvalue weighted by atomic mass is 9.87. The van der Waals surface area contributed by atoms with Crippen LogP contribution in [-0.2, 0) is 15.1 Å². The minimum Gasteiger partial charge on any atom is -0.479 e. The van der Waals surface area contributed by atoms with Gasteiger partial charge in [-0.05, 0) is 38.8 Å². The van der Waals surface area contributed by atoms with Crippen molar-refractivity contribution in [2.75, 3.05) is 0 Å². The number of rotatable bonds is 7. The number of carboxylic acid groups (broad SMARTS) is 1. The molecular formula is C19H25N3O3. The number of nitrogens with zero attached hydrogens (tertiary/aromatic N) is 2. The van der Waals surface area contributed by atoms with Crippen LogP contribution >= 0.6 is 0 Å². The molecule has 6 nitrogen and oxygen atoms in total. The highest BCUT2D eigenvalue weighted by atomic mass is 16.4. The van der Waals surface area contributed by atoms with E-state index >= 15 is 0 Å². The van der Waals surface area contributed by atoms with Crippen LogP contribution in [0.15, 0.2) is 36.4 Å². The molecule has 0 aliphatic heterocycles. The van der Waals surface area contributed by atoms with E-state index in [0.717, 1.165) is 11.4 Å². The molecule has 2 aromatic rings. The van der Waals surface area contributed by atoms with Crippen molar-refractivity contribution in [3.63, 3.8) is 0 Å². The summed E-state index contributed by atoms with van der Waals surface area (Å²) in [5, 5.41) is 16.9. The third-order valence-electron chi connectivity index (χ3n) is 4.46. The third kappa shape index (κ3) is 3.90. The molecule has 1 amide bonds. The minimum absolute atomic E-state index is 0.157. The zero-order valence-corrected chi connectivity index (χ0v) is 15.1. The standard InChI is InChI=1S/C19H25N3O3/c1-5-19(18(24)25,16-9-7-6-8-10-16)20-17(23)12-15(4)22-14(3)11-13(2)21-22/h6-11,15H,5,12H2,1-4H3,(H,20,23)(H,24,25). The second kappa shape index (κ2) is 7.51. The Balaban J connectivity index is 2.20. The van der Waals surface area contributed by atoms with Crippen molar-refractivity contribution < 1.29 is 14.7 Å². The molecule has 0 aliphatic carbocycles. The number of aryl methyl sites for hydroxylation is 2. The van der Waals surface area contributed by atoms with Gasteiger partial charge in [0.1, 0.15) is 0 Å². The van der Waals surface area contributed by atoms with Crippen LogP contribution in [0.1, 0.15) is 49.7 Å². The predicted octanol–water partition coefficient (Wildman–Crippen LogP) is 2.96. The number of benzene rings is 1. The van der Waals surface area contributed by atoms with E-state index in [1.54, 1.807) is 35.9 Å². The van der Waals surface area contributed by atoms with E-state index in [2.05, 4.69) is 10.4 Å². The zero-order valence-electron chi connectivity index (χ0n) is 15.1. The largest absolute Gasteiger partial charge is 0.479 e. The van der Waals surface area contributed by atoms with E-state index < -0.39 is 11.5 Å². The van der Waals surface area contributed by atoms with Crippen LogP contribution in [0.4, 0.5) is 0 Å². The molecule has 2 rings (SSSR count). The number of aliphatic carboxylic acids is 1. The maximum Gasteiger partial charge on any atom is 0.334 e. The summed E-state index contributed by atoms with van der Waals surface area (Å²) in [4.78, 5) is 24.6. The summed E-state index contributed by atoms with van der Waals surface area (Å²) in [6.07, 6.45) is 0.413. The molecule has 25 heavy (non-hydrogen) atoms. The lowest BCUT2D eigenvalue weighted by molar-refractivity contribution is -0.148. The molecular weight excluding hydrogens is 318 g/mol. The fraction of sp³-hybridized carbons (Fsp3) is 0.421. The fourth-order valence-electron chi connectivity index (χ4n) is 3.15. The van der Waals surface area contributed by atoms with Crippen molar-refractivity contribution in [2.45, 2.75) is 52.1 Å². The molecule has 2 atom stereocenters. The maximum atomic E-state index is 12.6. The average molecular weight is 343 g/mol. The molecule has 0 radical (unpaired) electrons. The van der Waals surface area contributed by atoms with Crippen LogP contribution in [0.2, 0.25) is 0 Å². The molecule has 2 N–H and O–H groups in total. The van der Waals surface area contributed by atoms with Gasteiger partial charge in [-0.2, -0.15) is 5.10 Å². The Morgan fingerprint density at radius 1 is 1.28 bits per heavy atom. The quantitative estimate of drug-likeness (QED) is 0.809. The number of hydrogen-bond acceptors (Lipinski definition) is 3. The summed E-state index contributed by atoms with van der Waals surface area (Å²) in [7, 11) is 0. The van der Waals surface area contributed by atoms with E-state index in [-0.39, 0.29) is 24.8 Å². The van der Waals surface area contributed by atoms with Crippen molar-refractivity contribution in [1.29, 1.82) is 0 Å². The van der Waals surface area contributed by atoms with Gasteiger partial charge in [0.05, 0.1) is 11.7 Å². The molecule has 0 spiro atoms. The number of carboxylic acids is 1. The maximum absolute atomic E-state index is 12.6. The molecule has 0 saturated carbocycles. The number of hydrogen-bond donors (Lipinski definition) is 2. The summed E-state index contributed by atoms with van der Waals surface area (Å²) < 4.78 is 1.80. The summed E-state index contributed by atoms with van der Waals surface area (Å²) in [6.45, 7) is 7.49. The summed E-state index contributed by atoms with van der Waals surface area (Å²) in [6, 6.07) is 10.6. The van der Waals surface area contributed by atoms with Crippen molar-refractivity contribution in [1.82, 2.24) is 15.1 Å². The van der Waals surface area contributed by atoms with E-state index in [1.165, 1.54) is 0 Å². The summed E-state index contributed by atoms with van der Waals surface area (Å²) in [5.74, 6) is -1.37. The highest BCUT2D eigenvalue weighted by molar-refractivity contribution is 5.88. The Hall–Kier alpha value is -2.63. The van der Waals surface area contributed by atoms with Gasteiger partial charge in [-0.1, -0.05) is 37.3 Å². The first-order chi connectivity index (χ1) is 11.8. The van der Waals surface area contributed by atoms with Crippen LogP contribution in [0.5, 0.6) is 0 Å². The lowest BCUT2D eigenvalue weighted by Gasteiger charge is -2.30. The number of carbonyl (C=O) groups excluding carboxylic acids is 1. The van der Waals surface area contributed by atoms with E-state index in [0.29, 0.717) is 5.56 Å². The smallest absolute Gasteiger partial charge is 0.334 e. The van der Waals surface area contributed by atoms with Crippen LogP contribution in [-0.4, -0.2) is 26.8 Å². The zero-order chi connectivity index (χ0) is 18.6. The van der Waals surface area contributed by atoms with E-state index in [1.807, 2.05) is 32.9 Å². The van der Waals surface area contributed by atoms with E-state index in [4.69, 9.17) is 0 Å². The fourth-order valence-corrected chi connectivity index (χ4v) is 3.15. The monoisotopic (exact) mass is 343 g/mol. The Bertz CT molecular complexity index is 755. The van der Waals surface area contributed by atoms with Crippen molar-refractivity contribution in [2.24, 2.45) is 0 Å². The Morgan fingerprint density at radius 3 is 2.40 bits per heavy atom. The molecule has 6 heteroatoms. The molecule has 2 unspecified atom stereocenters. The lowest BCUT2D eigenvalue weighted by Crippen LogP contribution is -2.51. The molecule has 1 aromatic heterocycles. The van der Waals surface area contributed by atoms with E-state index in [9.17, 15) is 14.7 Å². The second-order valence-electron chi connectivity index (χ2n) is 6.40. The predicted molar refractivity (Wildman–Crippen MR) is 95.2 cm³/mol. The molecule has 0 saturated heterocycles. The molecule has 1 aromatic carbocycles. The Labute approximate surface area is 147 Å². The van der Waals surface area contributed by atoms with Crippen LogP contribution in [0.25, 0.3) is 0 Å². The Kier molecular flexibility index (Phi) is 5.62. The van der Waals surface area contributed by atoms with Crippen LogP contribution in [0, 0.1) is 13.8 Å². The van der Waals surface area contributed by atoms with Gasteiger partial charge in [-0.3, -0.25) is 9.48 Å². The van der Waals surface area contributed by atoms with Crippen molar-refractivity contribution >= 4 is 11.9 Å². The molecule has 1 heterocycles. The van der Waals surface area contributed by atoms with Gasteiger partial charge in [0.15, 0.2) is 5.54 Å². The summed E-state index contributed by atoms with van der Waals surface area (Å²) >= 11 is 0. The van der Waals surface area contributed by atoms with Gasteiger partial charge >= 0.3 is 5.97 Å². The van der Waals surface area contributed by atoms with Gasteiger partial charge in [-0.25, -0.2) is 4.79 Å². The third-order valence-corrected chi connectivity index (χ3v) is 4.46. The number of carbonyl (C=O) groups is 2. The first-order valence-electron chi connectivity index (χ1n) is 8.43. The van der Waals surface area contributed by atoms with Crippen LogP contribution < -0.4 is 5.32 Å². The van der Waals surface area contributed by atoms with Crippen LogP contribution in [0.3, 0.4) is 0 Å². The second-order valence-corrected chi connectivity index (χ2v) is 6.40. The first-order valence-corrected chi connectivity index (χ1v) is 8.43. The van der Waals surface area contributed by atoms with Gasteiger partial charge in [0.25, 0.3) is 0 Å². The summed E-state index contributed by atoms with van der Waals surface area (Å²) in [5.41, 5.74) is 1.01. The molecule has 134 valence electrons. The molecule has 0 fully saturated rings. The van der Waals surface area contributed by atoms with Crippen molar-refractivity contribution in [3.05, 3.63) is 53.3 Å². The van der Waals surface area contributed by atoms with Crippen molar-refractivity contribution in [3.8, 4) is 0 Å². The van der Waals surface area contributed by atoms with Gasteiger partial charge < -0.3 is 10.4 Å². The number of aromatic nitrogens is 2. The highest BCUT2D eigenvalue weighted by Crippen LogP contribution is 2.26. The topological polar surface area (TPSA) is 84.2 Å². The number of nitrogens with one attached hydrogen (secondary N) is 1. The SMILES string of the molecule is CCC(NC(=O)CC(C)n1nc(C)cc1C)(C(=O)O)c1ccccc1. The average Bonchev–Trinajstić information content (AvgIpc) is 2.91. The highest BCUT2D eigenvalue weighted by Gasteiger charge is 2.40. The molecule has 0 bridgehead atoms. The Morgan fingerprint density at radius 2 is 1.92 bits per heavy atom. The number of amides is 1. The molecule has 0 aliphatic rings. The minimum atomic E-state index is -1.42. The van der Waals surface area contributed by atoms with Gasteiger partial charge in [-0.15, -0.1) is 0 Å². The van der Waals surface area contributed by atoms with Gasteiger partial charge in [0, 0.05) is 12.1 Å². The normalized spacial score (nSPS) is 14.6. The first kappa shape index (κ1) is 18.7.